The third-order valence-electron chi connectivity index (χ3n) is 3.44. The maximum absolute atomic E-state index is 10.5. The van der Waals surface area contributed by atoms with Gasteiger partial charge in [0.05, 0.1) is 5.02 Å². The minimum absolute atomic E-state index is 0.167. The van der Waals surface area contributed by atoms with Crippen molar-refractivity contribution < 1.29 is 14.6 Å². The normalized spacial score (nSPS) is 14.3. The van der Waals surface area contributed by atoms with Crippen LogP contribution in [0.4, 0.5) is 0 Å². The summed E-state index contributed by atoms with van der Waals surface area (Å²) in [7, 11) is 0. The van der Waals surface area contributed by atoms with Gasteiger partial charge in [-0.05, 0) is 35.2 Å². The van der Waals surface area contributed by atoms with E-state index in [4.69, 9.17) is 21.1 Å². The fraction of sp³-hybridized carbons (Fsp3) is 0.250. The van der Waals surface area contributed by atoms with Crippen LogP contribution < -0.4 is 9.47 Å². The zero-order chi connectivity index (χ0) is 14.1. The molecule has 1 heterocycles. The van der Waals surface area contributed by atoms with E-state index in [2.05, 4.69) is 6.92 Å². The molecule has 0 aromatic heterocycles. The van der Waals surface area contributed by atoms with Gasteiger partial charge in [-0.25, -0.2) is 0 Å². The van der Waals surface area contributed by atoms with E-state index in [1.807, 2.05) is 24.3 Å². The average Bonchev–Trinajstić information content (AvgIpc) is 2.95. The summed E-state index contributed by atoms with van der Waals surface area (Å²) in [5.41, 5.74) is 2.74. The Hall–Kier alpha value is -1.71. The van der Waals surface area contributed by atoms with Crippen molar-refractivity contribution in [1.29, 1.82) is 0 Å². The van der Waals surface area contributed by atoms with Gasteiger partial charge < -0.3 is 14.6 Å². The topological polar surface area (TPSA) is 38.7 Å². The number of hydrogen-bond donors (Lipinski definition) is 1. The predicted octanol–water partition coefficient (Wildman–Crippen LogP) is 3.71. The van der Waals surface area contributed by atoms with Gasteiger partial charge in [0.2, 0.25) is 6.79 Å². The van der Waals surface area contributed by atoms with Gasteiger partial charge in [0.1, 0.15) is 6.10 Å². The van der Waals surface area contributed by atoms with Crippen LogP contribution in [-0.4, -0.2) is 11.9 Å². The van der Waals surface area contributed by atoms with Crippen molar-refractivity contribution in [3.8, 4) is 11.5 Å². The minimum atomic E-state index is -0.728. The molecule has 0 radical (unpaired) electrons. The third-order valence-corrected chi connectivity index (χ3v) is 3.72. The van der Waals surface area contributed by atoms with E-state index in [1.54, 1.807) is 12.1 Å². The van der Waals surface area contributed by atoms with Crippen LogP contribution in [0.5, 0.6) is 11.5 Å². The highest BCUT2D eigenvalue weighted by atomic mass is 35.5. The first-order valence-electron chi connectivity index (χ1n) is 6.55. The van der Waals surface area contributed by atoms with E-state index in [-0.39, 0.29) is 6.79 Å². The predicted molar refractivity (Wildman–Crippen MR) is 77.5 cm³/mol. The van der Waals surface area contributed by atoms with Crippen molar-refractivity contribution in [3.63, 3.8) is 0 Å². The molecule has 0 fully saturated rings. The van der Waals surface area contributed by atoms with Crippen molar-refractivity contribution in [2.45, 2.75) is 19.4 Å². The Labute approximate surface area is 122 Å². The van der Waals surface area contributed by atoms with Crippen molar-refractivity contribution in [2.75, 3.05) is 6.79 Å². The molecule has 0 saturated carbocycles. The Morgan fingerprint density at radius 3 is 2.85 bits per heavy atom. The lowest BCUT2D eigenvalue weighted by Gasteiger charge is -2.14. The van der Waals surface area contributed by atoms with Gasteiger partial charge in [-0.3, -0.25) is 0 Å². The second-order valence-corrected chi connectivity index (χ2v) is 5.14. The van der Waals surface area contributed by atoms with Crippen LogP contribution in [-0.2, 0) is 6.42 Å². The van der Waals surface area contributed by atoms with Crippen molar-refractivity contribution in [1.82, 2.24) is 0 Å². The van der Waals surface area contributed by atoms with E-state index >= 15 is 0 Å². The molecule has 0 saturated heterocycles. The number of benzene rings is 2. The molecule has 1 aliphatic rings. The number of ether oxygens (including phenoxy) is 2. The van der Waals surface area contributed by atoms with Crippen LogP contribution in [0.3, 0.4) is 0 Å². The molecule has 0 spiro atoms. The maximum atomic E-state index is 10.5. The molecule has 104 valence electrons. The number of rotatable bonds is 3. The molecular formula is C16H15ClO3. The van der Waals surface area contributed by atoms with Crippen molar-refractivity contribution in [2.24, 2.45) is 0 Å². The van der Waals surface area contributed by atoms with Gasteiger partial charge in [-0.2, -0.15) is 0 Å². The number of hydrogen-bond acceptors (Lipinski definition) is 3. The Bertz CT molecular complexity index is 640. The average molecular weight is 291 g/mol. The van der Waals surface area contributed by atoms with Gasteiger partial charge in [0.25, 0.3) is 0 Å². The van der Waals surface area contributed by atoms with Crippen LogP contribution in [0.2, 0.25) is 5.02 Å². The molecule has 1 N–H and O–H groups in total. The van der Waals surface area contributed by atoms with Gasteiger partial charge in [-0.15, -0.1) is 0 Å². The second-order valence-electron chi connectivity index (χ2n) is 4.74. The van der Waals surface area contributed by atoms with Crippen molar-refractivity contribution in [3.05, 3.63) is 58.1 Å². The zero-order valence-corrected chi connectivity index (χ0v) is 11.9. The van der Waals surface area contributed by atoms with E-state index < -0.39 is 6.10 Å². The first kappa shape index (κ1) is 13.3. The Morgan fingerprint density at radius 2 is 2.05 bits per heavy atom. The van der Waals surface area contributed by atoms with Crippen LogP contribution in [0.1, 0.15) is 29.7 Å². The van der Waals surface area contributed by atoms with E-state index in [1.165, 1.54) is 5.56 Å². The molecule has 2 aromatic carbocycles. The number of aryl methyl sites for hydroxylation is 1. The summed E-state index contributed by atoms with van der Waals surface area (Å²) in [5.74, 6) is 1.13. The lowest BCUT2D eigenvalue weighted by Crippen LogP contribution is -2.00. The molecule has 1 aliphatic heterocycles. The number of aliphatic hydroxyl groups is 1. The second kappa shape index (κ2) is 5.35. The molecule has 0 bridgehead atoms. The lowest BCUT2D eigenvalue weighted by molar-refractivity contribution is 0.173. The summed E-state index contributed by atoms with van der Waals surface area (Å²) in [6.45, 7) is 2.25. The molecule has 4 heteroatoms. The highest BCUT2D eigenvalue weighted by Crippen LogP contribution is 2.41. The monoisotopic (exact) mass is 290 g/mol. The fourth-order valence-corrected chi connectivity index (χ4v) is 2.59. The fourth-order valence-electron chi connectivity index (χ4n) is 2.32. The molecule has 3 rings (SSSR count). The highest BCUT2D eigenvalue weighted by molar-refractivity contribution is 6.32. The first-order valence-corrected chi connectivity index (χ1v) is 6.92. The number of aliphatic hydroxyl groups excluding tert-OH is 1. The Balaban J connectivity index is 1.98. The van der Waals surface area contributed by atoms with Crippen LogP contribution in [0.25, 0.3) is 0 Å². The smallest absolute Gasteiger partial charge is 0.231 e. The van der Waals surface area contributed by atoms with Gasteiger partial charge in [0, 0.05) is 0 Å². The summed E-state index contributed by atoms with van der Waals surface area (Å²) in [5, 5.41) is 11.0. The Kier molecular flexibility index (Phi) is 3.55. The summed E-state index contributed by atoms with van der Waals surface area (Å²) in [6, 6.07) is 11.4. The summed E-state index contributed by atoms with van der Waals surface area (Å²) >= 11 is 6.15. The summed E-state index contributed by atoms with van der Waals surface area (Å²) in [6.07, 6.45) is 0.205. The maximum Gasteiger partial charge on any atom is 0.231 e. The van der Waals surface area contributed by atoms with Gasteiger partial charge in [-0.1, -0.05) is 42.8 Å². The quantitative estimate of drug-likeness (QED) is 0.936. The molecule has 1 atom stereocenters. The van der Waals surface area contributed by atoms with Gasteiger partial charge in [0.15, 0.2) is 11.5 Å². The Morgan fingerprint density at radius 1 is 1.20 bits per heavy atom. The minimum Gasteiger partial charge on any atom is -0.454 e. The summed E-state index contributed by atoms with van der Waals surface area (Å²) < 4.78 is 10.6. The number of halogens is 1. The molecule has 0 aliphatic carbocycles. The molecule has 2 aromatic rings. The van der Waals surface area contributed by atoms with Crippen LogP contribution >= 0.6 is 11.6 Å². The molecule has 20 heavy (non-hydrogen) atoms. The molecule has 1 unspecified atom stereocenters. The first-order chi connectivity index (χ1) is 9.69. The number of fused-ring (bicyclic) bond motifs is 1. The highest BCUT2D eigenvalue weighted by Gasteiger charge is 2.21. The van der Waals surface area contributed by atoms with E-state index in [0.717, 1.165) is 12.0 Å². The van der Waals surface area contributed by atoms with Crippen molar-refractivity contribution >= 4 is 11.6 Å². The largest absolute Gasteiger partial charge is 0.454 e. The third kappa shape index (κ3) is 2.35. The van der Waals surface area contributed by atoms with Crippen LogP contribution in [0, 0.1) is 0 Å². The standard InChI is InChI=1S/C16H15ClO3/c1-2-10-4-3-5-11(6-10)15(18)12-7-13(17)16-14(8-12)19-9-20-16/h3-8,15,18H,2,9H2,1H3. The molecular weight excluding hydrogens is 276 g/mol. The van der Waals surface area contributed by atoms with E-state index in [9.17, 15) is 5.11 Å². The van der Waals surface area contributed by atoms with E-state index in [0.29, 0.717) is 22.1 Å². The molecule has 0 amide bonds. The van der Waals surface area contributed by atoms with Gasteiger partial charge >= 0.3 is 0 Å². The molecule has 3 nitrogen and oxygen atoms in total. The lowest BCUT2D eigenvalue weighted by atomic mass is 9.99. The SMILES string of the molecule is CCc1cccc(C(O)c2cc(Cl)c3c(c2)OCO3)c1. The summed E-state index contributed by atoms with van der Waals surface area (Å²) in [4.78, 5) is 0. The van der Waals surface area contributed by atoms with Crippen LogP contribution in [0.15, 0.2) is 36.4 Å². The zero-order valence-electron chi connectivity index (χ0n) is 11.1.